The molecule has 0 spiro atoms. The van der Waals surface area contributed by atoms with Crippen LogP contribution >= 0.6 is 0 Å². The molecule has 4 rings (SSSR count). The number of halogens is 3. The number of nitrogens with zero attached hydrogens (tertiary/aromatic N) is 2. The number of ether oxygens (including phenoxy) is 1. The summed E-state index contributed by atoms with van der Waals surface area (Å²) in [4.78, 5) is 55.4. The minimum absolute atomic E-state index is 0.0145. The van der Waals surface area contributed by atoms with E-state index >= 15 is 0 Å². The molecule has 3 atom stereocenters. The number of amides is 3. The molecule has 1 N–H and O–H groups in total. The lowest BCUT2D eigenvalue weighted by atomic mass is 10.0. The SMILES string of the molecule is CC(C)C[C@H](NC(=O)c1ccc(OC(F)(F)F)cc1)C(=O)N1CC[C@@H]2[C@H]1C(=O)CN2C(=O)c1ccccc1. The van der Waals surface area contributed by atoms with Gasteiger partial charge in [-0.25, -0.2) is 0 Å². The van der Waals surface area contributed by atoms with Crippen LogP contribution in [0.25, 0.3) is 0 Å². The normalized spacial score (nSPS) is 19.9. The molecule has 8 nitrogen and oxygen atoms in total. The monoisotopic (exact) mass is 531 g/mol. The molecule has 0 saturated carbocycles. The largest absolute Gasteiger partial charge is 0.573 e. The number of hydrogen-bond donors (Lipinski definition) is 1. The van der Waals surface area contributed by atoms with Crippen LogP contribution in [0.2, 0.25) is 0 Å². The summed E-state index contributed by atoms with van der Waals surface area (Å²) in [5.41, 5.74) is 0.513. The summed E-state index contributed by atoms with van der Waals surface area (Å²) in [6.45, 7) is 3.92. The van der Waals surface area contributed by atoms with Crippen molar-refractivity contribution in [1.82, 2.24) is 15.1 Å². The van der Waals surface area contributed by atoms with Crippen molar-refractivity contribution in [2.45, 2.75) is 51.2 Å². The van der Waals surface area contributed by atoms with Gasteiger partial charge in [-0.05, 0) is 55.2 Å². The molecule has 0 bridgehead atoms. The highest BCUT2D eigenvalue weighted by atomic mass is 19.4. The summed E-state index contributed by atoms with van der Waals surface area (Å²) < 4.78 is 41.1. The molecule has 2 aromatic rings. The Morgan fingerprint density at radius 3 is 2.26 bits per heavy atom. The third-order valence-electron chi connectivity index (χ3n) is 6.65. The fourth-order valence-electron chi connectivity index (χ4n) is 5.03. The van der Waals surface area contributed by atoms with Gasteiger partial charge < -0.3 is 19.9 Å². The van der Waals surface area contributed by atoms with Gasteiger partial charge in [0, 0.05) is 17.7 Å². The van der Waals surface area contributed by atoms with Crippen molar-refractivity contribution < 1.29 is 37.1 Å². The topological polar surface area (TPSA) is 96.0 Å². The predicted octanol–water partition coefficient (Wildman–Crippen LogP) is 3.42. The summed E-state index contributed by atoms with van der Waals surface area (Å²) >= 11 is 0. The van der Waals surface area contributed by atoms with Gasteiger partial charge in [0.15, 0.2) is 5.78 Å². The Hall–Kier alpha value is -3.89. The fraction of sp³-hybridized carbons (Fsp3) is 0.407. The van der Waals surface area contributed by atoms with E-state index in [1.165, 1.54) is 21.9 Å². The maximum Gasteiger partial charge on any atom is 0.573 e. The van der Waals surface area contributed by atoms with Gasteiger partial charge in [-0.15, -0.1) is 13.2 Å². The van der Waals surface area contributed by atoms with Crippen LogP contribution in [0.1, 0.15) is 47.4 Å². The Morgan fingerprint density at radius 2 is 1.66 bits per heavy atom. The average molecular weight is 532 g/mol. The number of hydrogen-bond acceptors (Lipinski definition) is 5. The maximum absolute atomic E-state index is 13.6. The third-order valence-corrected chi connectivity index (χ3v) is 6.65. The van der Waals surface area contributed by atoms with E-state index in [4.69, 9.17) is 0 Å². The number of alkyl halides is 3. The van der Waals surface area contributed by atoms with Gasteiger partial charge in [0.1, 0.15) is 17.8 Å². The second-order valence-corrected chi connectivity index (χ2v) is 9.83. The van der Waals surface area contributed by atoms with E-state index in [-0.39, 0.29) is 42.7 Å². The molecular weight excluding hydrogens is 503 g/mol. The van der Waals surface area contributed by atoms with E-state index in [1.54, 1.807) is 30.3 Å². The minimum atomic E-state index is -4.86. The molecule has 0 unspecified atom stereocenters. The van der Waals surface area contributed by atoms with E-state index in [2.05, 4.69) is 10.1 Å². The van der Waals surface area contributed by atoms with Crippen LogP contribution in [-0.4, -0.2) is 70.9 Å². The van der Waals surface area contributed by atoms with Gasteiger partial charge in [0.2, 0.25) is 5.91 Å². The zero-order valence-electron chi connectivity index (χ0n) is 20.9. The smallest absolute Gasteiger partial charge is 0.406 e. The number of likely N-dealkylation sites (tertiary alicyclic amines) is 2. The summed E-state index contributed by atoms with van der Waals surface area (Å²) in [5, 5.41) is 2.68. The van der Waals surface area contributed by atoms with Gasteiger partial charge in [-0.2, -0.15) is 0 Å². The number of nitrogens with one attached hydrogen (secondary N) is 1. The van der Waals surface area contributed by atoms with Crippen molar-refractivity contribution in [3.8, 4) is 5.75 Å². The van der Waals surface area contributed by atoms with Crippen molar-refractivity contribution in [2.24, 2.45) is 5.92 Å². The Bertz CT molecular complexity index is 1200. The highest BCUT2D eigenvalue weighted by Crippen LogP contribution is 2.32. The van der Waals surface area contributed by atoms with Crippen molar-refractivity contribution in [1.29, 1.82) is 0 Å². The molecule has 2 aliphatic rings. The van der Waals surface area contributed by atoms with E-state index in [0.29, 0.717) is 12.0 Å². The summed E-state index contributed by atoms with van der Waals surface area (Å²) in [6.07, 6.45) is -4.14. The fourth-order valence-corrected chi connectivity index (χ4v) is 5.03. The Morgan fingerprint density at radius 1 is 1.00 bits per heavy atom. The summed E-state index contributed by atoms with van der Waals surface area (Å²) in [5.74, 6) is -2.04. The van der Waals surface area contributed by atoms with Crippen LogP contribution < -0.4 is 10.1 Å². The van der Waals surface area contributed by atoms with Crippen LogP contribution in [0.3, 0.4) is 0 Å². The molecule has 2 aliphatic heterocycles. The average Bonchev–Trinajstić information content (AvgIpc) is 3.44. The molecular formula is C27H28F3N3O5. The van der Waals surface area contributed by atoms with E-state index in [1.807, 2.05) is 13.8 Å². The minimum Gasteiger partial charge on any atom is -0.406 e. The van der Waals surface area contributed by atoms with Crippen molar-refractivity contribution in [3.63, 3.8) is 0 Å². The van der Waals surface area contributed by atoms with Crippen LogP contribution in [0.5, 0.6) is 5.75 Å². The Balaban J connectivity index is 1.47. The molecule has 202 valence electrons. The number of Topliss-reactive ketones (excluding diaryl/α,β-unsaturated/α-hetero) is 1. The number of ketones is 1. The number of benzene rings is 2. The first-order chi connectivity index (χ1) is 17.9. The standard InChI is InChI=1S/C27H28F3N3O5/c1-16(2)14-20(31-24(35)17-8-10-19(11-9-17)38-27(28,29)30)26(37)32-13-12-21-23(32)22(34)15-33(21)25(36)18-6-4-3-5-7-18/h3-11,16,20-21,23H,12-15H2,1-2H3,(H,31,35)/t20-,21+,23-/m0/s1. The Labute approximate surface area is 217 Å². The van der Waals surface area contributed by atoms with Crippen LogP contribution in [0.4, 0.5) is 13.2 Å². The molecule has 2 fully saturated rings. The van der Waals surface area contributed by atoms with Gasteiger partial charge in [-0.1, -0.05) is 32.0 Å². The molecule has 0 aliphatic carbocycles. The predicted molar refractivity (Wildman–Crippen MR) is 130 cm³/mol. The van der Waals surface area contributed by atoms with Gasteiger partial charge in [-0.3, -0.25) is 19.2 Å². The number of rotatable bonds is 7. The highest BCUT2D eigenvalue weighted by molar-refractivity contribution is 6.03. The molecule has 0 radical (unpaired) electrons. The molecule has 2 heterocycles. The van der Waals surface area contributed by atoms with Gasteiger partial charge in [0.05, 0.1) is 12.6 Å². The van der Waals surface area contributed by atoms with Crippen LogP contribution in [-0.2, 0) is 9.59 Å². The van der Waals surface area contributed by atoms with E-state index < -0.39 is 42.1 Å². The lowest BCUT2D eigenvalue weighted by Gasteiger charge is -2.29. The molecule has 0 aromatic heterocycles. The third kappa shape index (κ3) is 5.98. The molecule has 2 saturated heterocycles. The number of carbonyl (C=O) groups excluding carboxylic acids is 4. The van der Waals surface area contributed by atoms with E-state index in [9.17, 15) is 32.3 Å². The maximum atomic E-state index is 13.6. The molecule has 2 aromatic carbocycles. The number of carbonyl (C=O) groups is 4. The first-order valence-corrected chi connectivity index (χ1v) is 12.3. The first kappa shape index (κ1) is 27.2. The second-order valence-electron chi connectivity index (χ2n) is 9.83. The zero-order valence-corrected chi connectivity index (χ0v) is 20.9. The molecule has 38 heavy (non-hydrogen) atoms. The quantitative estimate of drug-likeness (QED) is 0.591. The molecule has 3 amide bonds. The highest BCUT2D eigenvalue weighted by Gasteiger charge is 2.52. The summed E-state index contributed by atoms with van der Waals surface area (Å²) in [7, 11) is 0. The lowest BCUT2D eigenvalue weighted by Crippen LogP contribution is -2.53. The Kier molecular flexibility index (Phi) is 7.75. The van der Waals surface area contributed by atoms with Crippen molar-refractivity contribution >= 4 is 23.5 Å². The first-order valence-electron chi connectivity index (χ1n) is 12.3. The summed E-state index contributed by atoms with van der Waals surface area (Å²) in [6, 6.07) is 10.8. The van der Waals surface area contributed by atoms with E-state index in [0.717, 1.165) is 12.1 Å². The lowest BCUT2D eigenvalue weighted by molar-refractivity contribution is -0.274. The van der Waals surface area contributed by atoms with Crippen LogP contribution in [0, 0.1) is 5.92 Å². The van der Waals surface area contributed by atoms with Crippen molar-refractivity contribution in [3.05, 3.63) is 65.7 Å². The van der Waals surface area contributed by atoms with Crippen molar-refractivity contribution in [2.75, 3.05) is 13.1 Å². The van der Waals surface area contributed by atoms with Gasteiger partial charge in [0.25, 0.3) is 11.8 Å². The second kappa shape index (κ2) is 10.8. The number of fused-ring (bicyclic) bond motifs is 1. The van der Waals surface area contributed by atoms with Crippen LogP contribution in [0.15, 0.2) is 54.6 Å². The van der Waals surface area contributed by atoms with Gasteiger partial charge >= 0.3 is 6.36 Å². The zero-order chi connectivity index (χ0) is 27.6. The molecule has 11 heteroatoms.